The number of rotatable bonds is 5. The molecule has 4 rings (SSSR count). The first-order valence-electron chi connectivity index (χ1n) is 8.76. The summed E-state index contributed by atoms with van der Waals surface area (Å²) in [6.45, 7) is 0. The van der Waals surface area contributed by atoms with Crippen LogP contribution in [-0.4, -0.2) is 25.2 Å². The third-order valence-electron chi connectivity index (χ3n) is 4.42. The molecule has 0 aliphatic carbocycles. The number of carbonyl (C=O) groups excluding carboxylic acids is 1. The van der Waals surface area contributed by atoms with Crippen LogP contribution in [0.4, 0.5) is 4.39 Å². The van der Waals surface area contributed by atoms with Crippen molar-refractivity contribution in [3.8, 4) is 5.69 Å². The lowest BCUT2D eigenvalue weighted by Crippen LogP contribution is -2.31. The number of para-hydroxylation sites is 1. The molecule has 0 saturated heterocycles. The minimum absolute atomic E-state index is 0.263. The van der Waals surface area contributed by atoms with Crippen LogP contribution in [-0.2, 0) is 7.05 Å². The number of aryl methyl sites for hydroxylation is 1. The Morgan fingerprint density at radius 3 is 2.61 bits per heavy atom. The number of nitrogens with zero attached hydrogens (tertiary/aromatic N) is 4. The van der Waals surface area contributed by atoms with Crippen molar-refractivity contribution >= 4 is 5.91 Å². The molecule has 1 amide bonds. The molecule has 0 aliphatic rings. The molecule has 2 aromatic carbocycles. The van der Waals surface area contributed by atoms with Crippen molar-refractivity contribution in [2.75, 3.05) is 0 Å². The monoisotopic (exact) mass is 375 g/mol. The average Bonchev–Trinajstić information content (AvgIpc) is 3.36. The van der Waals surface area contributed by atoms with E-state index in [9.17, 15) is 9.18 Å². The Hall–Kier alpha value is -3.74. The summed E-state index contributed by atoms with van der Waals surface area (Å²) in [4.78, 5) is 17.2. The van der Waals surface area contributed by atoms with E-state index in [-0.39, 0.29) is 17.4 Å². The quantitative estimate of drug-likeness (QED) is 0.582. The van der Waals surface area contributed by atoms with Crippen LogP contribution in [0.25, 0.3) is 5.69 Å². The van der Waals surface area contributed by atoms with Crippen LogP contribution < -0.4 is 5.32 Å². The van der Waals surface area contributed by atoms with Crippen LogP contribution in [0, 0.1) is 5.82 Å². The smallest absolute Gasteiger partial charge is 0.272 e. The van der Waals surface area contributed by atoms with Gasteiger partial charge in [0, 0.05) is 25.6 Å². The second kappa shape index (κ2) is 7.48. The molecule has 1 unspecified atom stereocenters. The standard InChI is InChI=1S/C21H18FN5O/c1-26-13-11-23-20(26)19(15-6-5-7-16(22)14-15)24-21(28)18-10-12-27(25-18)17-8-3-2-4-9-17/h2-14,19H,1H3,(H,24,28). The van der Waals surface area contributed by atoms with E-state index in [1.807, 2.05) is 37.4 Å². The Morgan fingerprint density at radius 1 is 1.07 bits per heavy atom. The van der Waals surface area contributed by atoms with Crippen LogP contribution in [0.2, 0.25) is 0 Å². The Labute approximate surface area is 161 Å². The van der Waals surface area contributed by atoms with Crippen molar-refractivity contribution in [1.82, 2.24) is 24.6 Å². The molecule has 0 saturated carbocycles. The average molecular weight is 375 g/mol. The molecule has 0 aliphatic heterocycles. The molecule has 4 aromatic rings. The molecule has 0 spiro atoms. The van der Waals surface area contributed by atoms with Gasteiger partial charge in [0.05, 0.1) is 5.69 Å². The SMILES string of the molecule is Cn1ccnc1C(NC(=O)c1ccn(-c2ccccc2)n1)c1cccc(F)c1. The molecule has 7 heteroatoms. The van der Waals surface area contributed by atoms with Gasteiger partial charge in [-0.05, 0) is 35.9 Å². The zero-order chi connectivity index (χ0) is 19.5. The molecule has 6 nitrogen and oxygen atoms in total. The summed E-state index contributed by atoms with van der Waals surface area (Å²) >= 11 is 0. The van der Waals surface area contributed by atoms with Crippen molar-refractivity contribution in [2.45, 2.75) is 6.04 Å². The molecule has 1 N–H and O–H groups in total. The Morgan fingerprint density at radius 2 is 1.89 bits per heavy atom. The molecule has 2 aromatic heterocycles. The van der Waals surface area contributed by atoms with E-state index in [2.05, 4.69) is 15.4 Å². The molecular weight excluding hydrogens is 357 g/mol. The highest BCUT2D eigenvalue weighted by molar-refractivity contribution is 5.92. The maximum Gasteiger partial charge on any atom is 0.272 e. The zero-order valence-corrected chi connectivity index (χ0v) is 15.2. The maximum absolute atomic E-state index is 13.8. The maximum atomic E-state index is 13.8. The zero-order valence-electron chi connectivity index (χ0n) is 15.2. The fourth-order valence-corrected chi connectivity index (χ4v) is 3.01. The summed E-state index contributed by atoms with van der Waals surface area (Å²) in [6.07, 6.45) is 5.14. The van der Waals surface area contributed by atoms with Crippen molar-refractivity contribution in [3.05, 3.63) is 102 Å². The second-order valence-corrected chi connectivity index (χ2v) is 6.34. The number of hydrogen-bond donors (Lipinski definition) is 1. The topological polar surface area (TPSA) is 64.7 Å². The van der Waals surface area contributed by atoms with E-state index < -0.39 is 6.04 Å². The van der Waals surface area contributed by atoms with Crippen LogP contribution >= 0.6 is 0 Å². The predicted octanol–water partition coefficient (Wildman–Crippen LogP) is 3.26. The van der Waals surface area contributed by atoms with Gasteiger partial charge in [-0.3, -0.25) is 4.79 Å². The number of aromatic nitrogens is 4. The lowest BCUT2D eigenvalue weighted by Gasteiger charge is -2.18. The molecular formula is C21H18FN5O. The van der Waals surface area contributed by atoms with Crippen molar-refractivity contribution in [3.63, 3.8) is 0 Å². The largest absolute Gasteiger partial charge is 0.337 e. The highest BCUT2D eigenvalue weighted by atomic mass is 19.1. The number of hydrogen-bond acceptors (Lipinski definition) is 3. The van der Waals surface area contributed by atoms with Crippen molar-refractivity contribution in [1.29, 1.82) is 0 Å². The first-order chi connectivity index (χ1) is 13.6. The normalized spacial score (nSPS) is 11.9. The fourth-order valence-electron chi connectivity index (χ4n) is 3.01. The molecule has 2 heterocycles. The first-order valence-corrected chi connectivity index (χ1v) is 8.76. The summed E-state index contributed by atoms with van der Waals surface area (Å²) in [7, 11) is 1.82. The number of carbonyl (C=O) groups is 1. The van der Waals surface area contributed by atoms with Gasteiger partial charge in [0.2, 0.25) is 0 Å². The van der Waals surface area contributed by atoms with E-state index in [4.69, 9.17) is 0 Å². The lowest BCUT2D eigenvalue weighted by molar-refractivity contribution is 0.0935. The molecule has 0 radical (unpaired) electrons. The van der Waals surface area contributed by atoms with E-state index in [1.165, 1.54) is 12.1 Å². The third kappa shape index (κ3) is 3.55. The van der Waals surface area contributed by atoms with Crippen molar-refractivity contribution < 1.29 is 9.18 Å². The highest BCUT2D eigenvalue weighted by Gasteiger charge is 2.23. The van der Waals surface area contributed by atoms with Crippen LogP contribution in [0.5, 0.6) is 0 Å². The first kappa shape index (κ1) is 17.7. The van der Waals surface area contributed by atoms with Crippen LogP contribution in [0.1, 0.15) is 27.9 Å². The van der Waals surface area contributed by atoms with Gasteiger partial charge < -0.3 is 9.88 Å². The van der Waals surface area contributed by atoms with Gasteiger partial charge in [-0.25, -0.2) is 14.1 Å². The van der Waals surface area contributed by atoms with Gasteiger partial charge in [0.15, 0.2) is 5.69 Å². The summed E-state index contributed by atoms with van der Waals surface area (Å²) < 4.78 is 17.2. The number of amides is 1. The number of nitrogens with one attached hydrogen (secondary N) is 1. The summed E-state index contributed by atoms with van der Waals surface area (Å²) in [6, 6.07) is 16.7. The molecule has 0 fully saturated rings. The van der Waals surface area contributed by atoms with Gasteiger partial charge >= 0.3 is 0 Å². The minimum Gasteiger partial charge on any atom is -0.337 e. The fraction of sp³-hybridized carbons (Fsp3) is 0.0952. The lowest BCUT2D eigenvalue weighted by atomic mass is 10.1. The Kier molecular flexibility index (Phi) is 4.72. The molecule has 140 valence electrons. The van der Waals surface area contributed by atoms with Gasteiger partial charge in [-0.1, -0.05) is 30.3 Å². The summed E-state index contributed by atoms with van der Waals surface area (Å²) in [5, 5.41) is 7.27. The van der Waals surface area contributed by atoms with Gasteiger partial charge in [0.25, 0.3) is 5.91 Å². The van der Waals surface area contributed by atoms with Gasteiger partial charge in [0.1, 0.15) is 17.7 Å². The van der Waals surface area contributed by atoms with Crippen LogP contribution in [0.3, 0.4) is 0 Å². The van der Waals surface area contributed by atoms with Crippen LogP contribution in [0.15, 0.2) is 79.3 Å². The van der Waals surface area contributed by atoms with E-state index in [0.29, 0.717) is 11.4 Å². The van der Waals surface area contributed by atoms with Gasteiger partial charge in [-0.2, -0.15) is 5.10 Å². The minimum atomic E-state index is -0.606. The summed E-state index contributed by atoms with van der Waals surface area (Å²) in [5.74, 6) is -0.146. The number of halogens is 1. The second-order valence-electron chi connectivity index (χ2n) is 6.34. The third-order valence-corrected chi connectivity index (χ3v) is 4.42. The molecule has 0 bridgehead atoms. The Balaban J connectivity index is 1.63. The van der Waals surface area contributed by atoms with E-state index in [1.54, 1.807) is 46.0 Å². The Bertz CT molecular complexity index is 1100. The van der Waals surface area contributed by atoms with E-state index in [0.717, 1.165) is 5.69 Å². The molecule has 28 heavy (non-hydrogen) atoms. The number of imidazole rings is 1. The highest BCUT2D eigenvalue weighted by Crippen LogP contribution is 2.22. The van der Waals surface area contributed by atoms with Gasteiger partial charge in [-0.15, -0.1) is 0 Å². The molecule has 1 atom stereocenters. The summed E-state index contributed by atoms with van der Waals surface area (Å²) in [5.41, 5.74) is 1.72. The number of benzene rings is 2. The van der Waals surface area contributed by atoms with E-state index >= 15 is 0 Å². The van der Waals surface area contributed by atoms with Crippen molar-refractivity contribution in [2.24, 2.45) is 7.05 Å². The predicted molar refractivity (Wildman–Crippen MR) is 102 cm³/mol.